The van der Waals surface area contributed by atoms with E-state index < -0.39 is 11.9 Å². The Morgan fingerprint density at radius 1 is 1.32 bits per heavy atom. The molecule has 8 nitrogen and oxygen atoms in total. The van der Waals surface area contributed by atoms with Crippen LogP contribution >= 0.6 is 0 Å². The van der Waals surface area contributed by atoms with Gasteiger partial charge in [0.05, 0.1) is 5.69 Å². The maximum atomic E-state index is 11.7. The van der Waals surface area contributed by atoms with Gasteiger partial charge in [-0.2, -0.15) is 0 Å². The lowest BCUT2D eigenvalue weighted by molar-refractivity contribution is 0.0651. The van der Waals surface area contributed by atoms with Gasteiger partial charge in [-0.15, -0.1) is 0 Å². The maximum Gasteiger partial charge on any atom is 0.374 e. The average molecular weight is 265 g/mol. The van der Waals surface area contributed by atoms with Crippen LogP contribution in [0.2, 0.25) is 0 Å². The molecule has 0 fully saturated rings. The zero-order chi connectivity index (χ0) is 14.0. The van der Waals surface area contributed by atoms with E-state index in [9.17, 15) is 9.59 Å². The van der Waals surface area contributed by atoms with E-state index in [1.165, 1.54) is 0 Å². The molecule has 0 aromatic carbocycles. The molecule has 0 spiro atoms. The molecule has 0 saturated heterocycles. The molecular weight excluding hydrogens is 254 g/mol. The largest absolute Gasteiger partial charge is 0.475 e. The minimum absolute atomic E-state index is 0.0934. The lowest BCUT2D eigenvalue weighted by Gasteiger charge is -2.01. The molecular formula is C11H11N3O5. The van der Waals surface area contributed by atoms with Crippen molar-refractivity contribution in [1.29, 1.82) is 0 Å². The Labute approximate surface area is 107 Å². The third-order valence-electron chi connectivity index (χ3n) is 2.56. The molecule has 0 bridgehead atoms. The summed E-state index contributed by atoms with van der Waals surface area (Å²) in [6.07, 6.45) is 0. The highest BCUT2D eigenvalue weighted by Gasteiger charge is 2.17. The number of aromatic carboxylic acids is 1. The molecule has 2 aromatic rings. The summed E-state index contributed by atoms with van der Waals surface area (Å²) >= 11 is 0. The number of nitrogens with zero attached hydrogens (tertiary/aromatic N) is 2. The molecule has 8 heteroatoms. The van der Waals surface area contributed by atoms with Crippen molar-refractivity contribution >= 4 is 11.9 Å². The standard InChI is InChI=1S/C11H11N3O5/c1-5-7(6(2)18-13-5)4-12-10(15)8-3-9(11(16)17)19-14-8/h3H,4H2,1-2H3,(H,12,15)(H,16,17). The number of aryl methyl sites for hydroxylation is 2. The molecule has 2 N–H and O–H groups in total. The van der Waals surface area contributed by atoms with E-state index >= 15 is 0 Å². The lowest BCUT2D eigenvalue weighted by atomic mass is 10.2. The van der Waals surface area contributed by atoms with Crippen molar-refractivity contribution in [2.45, 2.75) is 20.4 Å². The SMILES string of the molecule is Cc1noc(C)c1CNC(=O)c1cc(C(=O)O)on1. The van der Waals surface area contributed by atoms with Crippen LogP contribution in [0.4, 0.5) is 0 Å². The van der Waals surface area contributed by atoms with Crippen LogP contribution in [0.15, 0.2) is 15.1 Å². The first-order valence-electron chi connectivity index (χ1n) is 5.39. The van der Waals surface area contributed by atoms with Crippen LogP contribution in [-0.2, 0) is 6.54 Å². The number of carbonyl (C=O) groups excluding carboxylic acids is 1. The highest BCUT2D eigenvalue weighted by molar-refractivity contribution is 5.94. The quantitative estimate of drug-likeness (QED) is 0.843. The van der Waals surface area contributed by atoms with Crippen molar-refractivity contribution in [2.24, 2.45) is 0 Å². The normalized spacial score (nSPS) is 10.4. The molecule has 0 atom stereocenters. The molecule has 100 valence electrons. The van der Waals surface area contributed by atoms with Gasteiger partial charge >= 0.3 is 5.97 Å². The summed E-state index contributed by atoms with van der Waals surface area (Å²) in [5, 5.41) is 18.4. The van der Waals surface area contributed by atoms with E-state index in [4.69, 9.17) is 9.63 Å². The molecule has 2 aromatic heterocycles. The van der Waals surface area contributed by atoms with Crippen molar-refractivity contribution in [3.63, 3.8) is 0 Å². The molecule has 19 heavy (non-hydrogen) atoms. The fraction of sp³-hybridized carbons (Fsp3) is 0.273. The van der Waals surface area contributed by atoms with Crippen LogP contribution in [0.25, 0.3) is 0 Å². The Morgan fingerprint density at radius 2 is 2.05 bits per heavy atom. The fourth-order valence-corrected chi connectivity index (χ4v) is 1.50. The molecule has 2 rings (SSSR count). The molecule has 0 aliphatic carbocycles. The first kappa shape index (κ1) is 12.8. The highest BCUT2D eigenvalue weighted by Crippen LogP contribution is 2.12. The minimum atomic E-state index is -1.28. The van der Waals surface area contributed by atoms with Crippen LogP contribution in [-0.4, -0.2) is 27.3 Å². The molecule has 2 heterocycles. The fourth-order valence-electron chi connectivity index (χ4n) is 1.50. The predicted molar refractivity (Wildman–Crippen MR) is 60.6 cm³/mol. The Morgan fingerprint density at radius 3 is 2.58 bits per heavy atom. The molecule has 1 amide bonds. The van der Waals surface area contributed by atoms with Crippen LogP contribution < -0.4 is 5.32 Å². The van der Waals surface area contributed by atoms with E-state index in [0.717, 1.165) is 11.6 Å². The van der Waals surface area contributed by atoms with Gasteiger partial charge in [0.15, 0.2) is 5.69 Å². The molecule has 0 saturated carbocycles. The summed E-state index contributed by atoms with van der Waals surface area (Å²) < 4.78 is 9.45. The first-order valence-corrected chi connectivity index (χ1v) is 5.39. The van der Waals surface area contributed by atoms with Gasteiger partial charge in [0, 0.05) is 18.2 Å². The summed E-state index contributed by atoms with van der Waals surface area (Å²) in [6, 6.07) is 1.06. The molecule has 0 radical (unpaired) electrons. The van der Waals surface area contributed by atoms with Gasteiger partial charge < -0.3 is 19.5 Å². The number of carboxylic acids is 1. The van der Waals surface area contributed by atoms with Crippen molar-refractivity contribution in [1.82, 2.24) is 15.6 Å². The van der Waals surface area contributed by atoms with E-state index in [1.54, 1.807) is 13.8 Å². The summed E-state index contributed by atoms with van der Waals surface area (Å²) in [7, 11) is 0. The van der Waals surface area contributed by atoms with Crippen LogP contribution in [0.3, 0.4) is 0 Å². The van der Waals surface area contributed by atoms with Crippen LogP contribution in [0.5, 0.6) is 0 Å². The van der Waals surface area contributed by atoms with E-state index in [-0.39, 0.29) is 18.0 Å². The molecule has 0 unspecified atom stereocenters. The zero-order valence-corrected chi connectivity index (χ0v) is 10.3. The first-order chi connectivity index (χ1) is 8.99. The Kier molecular flexibility index (Phi) is 3.32. The van der Waals surface area contributed by atoms with E-state index in [1.807, 2.05) is 0 Å². The summed E-state index contributed by atoms with van der Waals surface area (Å²) in [6.45, 7) is 3.71. The second-order valence-electron chi connectivity index (χ2n) is 3.87. The monoisotopic (exact) mass is 265 g/mol. The number of aromatic nitrogens is 2. The number of rotatable bonds is 4. The topological polar surface area (TPSA) is 118 Å². The lowest BCUT2D eigenvalue weighted by Crippen LogP contribution is -2.23. The zero-order valence-electron chi connectivity index (χ0n) is 10.3. The van der Waals surface area contributed by atoms with E-state index in [2.05, 4.69) is 20.2 Å². The Balaban J connectivity index is 2.03. The third-order valence-corrected chi connectivity index (χ3v) is 2.56. The van der Waals surface area contributed by atoms with Gasteiger partial charge in [0.2, 0.25) is 5.76 Å². The van der Waals surface area contributed by atoms with Gasteiger partial charge in [-0.1, -0.05) is 10.3 Å². The van der Waals surface area contributed by atoms with Crippen molar-refractivity contribution in [2.75, 3.05) is 0 Å². The number of carboxylic acid groups (broad SMARTS) is 1. The molecule has 0 aliphatic heterocycles. The number of carbonyl (C=O) groups is 2. The van der Waals surface area contributed by atoms with Crippen molar-refractivity contribution in [3.05, 3.63) is 34.5 Å². The van der Waals surface area contributed by atoms with Gasteiger partial charge in [0.25, 0.3) is 5.91 Å². The van der Waals surface area contributed by atoms with Crippen LogP contribution in [0, 0.1) is 13.8 Å². The summed E-state index contributed by atoms with van der Waals surface area (Å²) in [5.41, 5.74) is 1.36. The number of amides is 1. The van der Waals surface area contributed by atoms with Gasteiger partial charge in [-0.3, -0.25) is 4.79 Å². The highest BCUT2D eigenvalue weighted by atomic mass is 16.5. The Hall–Kier alpha value is -2.64. The van der Waals surface area contributed by atoms with Gasteiger partial charge in [-0.05, 0) is 13.8 Å². The van der Waals surface area contributed by atoms with Gasteiger partial charge in [-0.25, -0.2) is 4.79 Å². The van der Waals surface area contributed by atoms with Crippen LogP contribution in [0.1, 0.15) is 38.1 Å². The van der Waals surface area contributed by atoms with Gasteiger partial charge in [0.1, 0.15) is 5.76 Å². The Bertz CT molecular complexity index is 609. The minimum Gasteiger partial charge on any atom is -0.475 e. The second-order valence-corrected chi connectivity index (χ2v) is 3.87. The summed E-state index contributed by atoms with van der Waals surface area (Å²) in [5.74, 6) is -1.58. The molecule has 0 aliphatic rings. The van der Waals surface area contributed by atoms with Crippen molar-refractivity contribution in [3.8, 4) is 0 Å². The number of hydrogen-bond acceptors (Lipinski definition) is 6. The van der Waals surface area contributed by atoms with Crippen molar-refractivity contribution < 1.29 is 23.7 Å². The second kappa shape index (κ2) is 4.92. The predicted octanol–water partition coefficient (Wildman–Crippen LogP) is 0.908. The number of nitrogens with one attached hydrogen (secondary N) is 1. The number of hydrogen-bond donors (Lipinski definition) is 2. The average Bonchev–Trinajstić information content (AvgIpc) is 2.95. The third kappa shape index (κ3) is 2.62. The smallest absolute Gasteiger partial charge is 0.374 e. The summed E-state index contributed by atoms with van der Waals surface area (Å²) in [4.78, 5) is 22.3. The van der Waals surface area contributed by atoms with E-state index in [0.29, 0.717) is 11.5 Å². The maximum absolute atomic E-state index is 11.7.